The molecule has 1 N–H and O–H groups in total. The maximum absolute atomic E-state index is 13.5. The van der Waals surface area contributed by atoms with Gasteiger partial charge in [-0.25, -0.2) is 0 Å². The third-order valence-electron chi connectivity index (χ3n) is 5.66. The second-order valence-corrected chi connectivity index (χ2v) is 8.44. The number of aryl methyl sites for hydroxylation is 2. The van der Waals surface area contributed by atoms with Gasteiger partial charge in [-0.1, -0.05) is 36.4 Å². The van der Waals surface area contributed by atoms with Crippen LogP contribution in [-0.4, -0.2) is 27.4 Å². The zero-order valence-electron chi connectivity index (χ0n) is 17.7. The lowest BCUT2D eigenvalue weighted by atomic mass is 10.1. The number of carbonyl (C=O) groups is 2. The summed E-state index contributed by atoms with van der Waals surface area (Å²) in [7, 11) is 0. The number of furan rings is 1. The Morgan fingerprint density at radius 2 is 1.94 bits per heavy atom. The first-order chi connectivity index (χ1) is 15.1. The average Bonchev–Trinajstić information content (AvgIpc) is 3.55. The van der Waals surface area contributed by atoms with Crippen LogP contribution in [0.4, 0.5) is 5.69 Å². The third kappa shape index (κ3) is 4.69. The standard InChI is InChI=1S/C23H26N4O3S/c1-3-16-9-11-18(12-10-16)27(23(29)19-14-31-26-25-19)21(20-13-8-15(2)30-20)22(28)24-17-6-4-5-7-17/h8-14,17,21H,3-7H2,1-2H3,(H,24,28)/t21-/m0/s1. The van der Waals surface area contributed by atoms with Crippen LogP contribution in [0.15, 0.2) is 46.2 Å². The lowest BCUT2D eigenvalue weighted by Gasteiger charge is -2.30. The lowest BCUT2D eigenvalue weighted by molar-refractivity contribution is -0.123. The summed E-state index contributed by atoms with van der Waals surface area (Å²) in [6.45, 7) is 3.89. The maximum Gasteiger partial charge on any atom is 0.280 e. The number of nitrogens with zero attached hydrogens (tertiary/aromatic N) is 3. The number of benzene rings is 1. The molecule has 3 aromatic rings. The Morgan fingerprint density at radius 3 is 2.52 bits per heavy atom. The van der Waals surface area contributed by atoms with E-state index in [0.717, 1.165) is 49.2 Å². The summed E-state index contributed by atoms with van der Waals surface area (Å²) in [5.74, 6) is 0.456. The van der Waals surface area contributed by atoms with Crippen molar-refractivity contribution in [1.29, 1.82) is 0 Å². The smallest absolute Gasteiger partial charge is 0.280 e. The zero-order chi connectivity index (χ0) is 21.8. The highest BCUT2D eigenvalue weighted by Gasteiger charge is 2.37. The molecular formula is C23H26N4O3S. The fraction of sp³-hybridized carbons (Fsp3) is 0.391. The summed E-state index contributed by atoms with van der Waals surface area (Å²) in [5, 5.41) is 8.68. The number of carbonyl (C=O) groups excluding carboxylic acids is 2. The van der Waals surface area contributed by atoms with Crippen LogP contribution in [0.3, 0.4) is 0 Å². The predicted molar refractivity (Wildman–Crippen MR) is 119 cm³/mol. The van der Waals surface area contributed by atoms with E-state index in [-0.39, 0.29) is 17.6 Å². The van der Waals surface area contributed by atoms with Crippen LogP contribution in [0.1, 0.15) is 66.2 Å². The van der Waals surface area contributed by atoms with E-state index < -0.39 is 11.9 Å². The van der Waals surface area contributed by atoms with E-state index in [1.807, 2.05) is 31.2 Å². The van der Waals surface area contributed by atoms with Crippen molar-refractivity contribution < 1.29 is 14.0 Å². The summed E-state index contributed by atoms with van der Waals surface area (Å²) in [5.41, 5.74) is 1.95. The molecule has 0 radical (unpaired) electrons. The number of hydrogen-bond donors (Lipinski definition) is 1. The van der Waals surface area contributed by atoms with E-state index in [1.54, 1.807) is 17.5 Å². The van der Waals surface area contributed by atoms with Gasteiger partial charge in [-0.2, -0.15) is 0 Å². The summed E-state index contributed by atoms with van der Waals surface area (Å²) in [6.07, 6.45) is 4.98. The van der Waals surface area contributed by atoms with Crippen molar-refractivity contribution in [2.45, 2.75) is 58.0 Å². The minimum atomic E-state index is -0.948. The topological polar surface area (TPSA) is 88.3 Å². The summed E-state index contributed by atoms with van der Waals surface area (Å²) in [6, 6.07) is 10.4. The Kier molecular flexibility index (Phi) is 6.46. The van der Waals surface area contributed by atoms with Crippen molar-refractivity contribution in [3.63, 3.8) is 0 Å². The van der Waals surface area contributed by atoms with Gasteiger partial charge in [0.2, 0.25) is 0 Å². The van der Waals surface area contributed by atoms with Gasteiger partial charge >= 0.3 is 0 Å². The van der Waals surface area contributed by atoms with Gasteiger partial charge in [-0.3, -0.25) is 14.5 Å². The predicted octanol–water partition coefficient (Wildman–Crippen LogP) is 4.45. The van der Waals surface area contributed by atoms with Crippen LogP contribution in [-0.2, 0) is 11.2 Å². The van der Waals surface area contributed by atoms with Gasteiger partial charge in [-0.05, 0) is 67.5 Å². The first-order valence-corrected chi connectivity index (χ1v) is 11.5. The molecule has 1 saturated carbocycles. The first kappa shape index (κ1) is 21.2. The zero-order valence-corrected chi connectivity index (χ0v) is 18.5. The molecule has 2 heterocycles. The molecular weight excluding hydrogens is 412 g/mol. The Labute approximate surface area is 185 Å². The molecule has 4 rings (SSSR count). The van der Waals surface area contributed by atoms with Crippen LogP contribution in [0.5, 0.6) is 0 Å². The Morgan fingerprint density at radius 1 is 1.19 bits per heavy atom. The Bertz CT molecular complexity index is 1020. The third-order valence-corrected chi connectivity index (χ3v) is 6.16. The van der Waals surface area contributed by atoms with Gasteiger partial charge in [0.25, 0.3) is 11.8 Å². The molecule has 31 heavy (non-hydrogen) atoms. The minimum Gasteiger partial charge on any atom is -0.464 e. The van der Waals surface area contributed by atoms with E-state index in [1.165, 1.54) is 4.90 Å². The maximum atomic E-state index is 13.5. The lowest BCUT2D eigenvalue weighted by Crippen LogP contribution is -2.46. The van der Waals surface area contributed by atoms with Crippen LogP contribution < -0.4 is 10.2 Å². The van der Waals surface area contributed by atoms with Gasteiger partial charge in [0, 0.05) is 17.1 Å². The number of rotatable bonds is 7. The summed E-state index contributed by atoms with van der Waals surface area (Å²) < 4.78 is 9.69. The fourth-order valence-corrected chi connectivity index (χ4v) is 4.41. The van der Waals surface area contributed by atoms with E-state index in [0.29, 0.717) is 17.2 Å². The average molecular weight is 439 g/mol. The van der Waals surface area contributed by atoms with E-state index in [9.17, 15) is 9.59 Å². The van der Waals surface area contributed by atoms with Gasteiger partial charge < -0.3 is 9.73 Å². The minimum absolute atomic E-state index is 0.117. The molecule has 0 saturated heterocycles. The van der Waals surface area contributed by atoms with Gasteiger partial charge in [0.15, 0.2) is 11.7 Å². The number of anilines is 1. The van der Waals surface area contributed by atoms with Crippen molar-refractivity contribution in [3.05, 3.63) is 64.6 Å². The number of aromatic nitrogens is 2. The van der Waals surface area contributed by atoms with Crippen LogP contribution in [0.25, 0.3) is 0 Å². The van der Waals surface area contributed by atoms with Crippen molar-refractivity contribution in [1.82, 2.24) is 14.9 Å². The molecule has 8 heteroatoms. The normalized spacial score (nSPS) is 15.0. The SMILES string of the molecule is CCc1ccc(N(C(=O)c2csnn2)[C@H](C(=O)NC2CCCC2)c2ccc(C)o2)cc1. The van der Waals surface area contributed by atoms with E-state index in [2.05, 4.69) is 21.8 Å². The molecule has 1 aliphatic rings. The highest BCUT2D eigenvalue weighted by molar-refractivity contribution is 7.03. The van der Waals surface area contributed by atoms with E-state index >= 15 is 0 Å². The molecule has 0 aliphatic heterocycles. The molecule has 162 valence electrons. The van der Waals surface area contributed by atoms with Crippen LogP contribution in [0, 0.1) is 6.92 Å². The van der Waals surface area contributed by atoms with Crippen LogP contribution in [0.2, 0.25) is 0 Å². The number of nitrogens with one attached hydrogen (secondary N) is 1. The number of hydrogen-bond acceptors (Lipinski definition) is 6. The molecule has 1 aromatic carbocycles. The van der Waals surface area contributed by atoms with Crippen LogP contribution >= 0.6 is 11.5 Å². The largest absolute Gasteiger partial charge is 0.464 e. The fourth-order valence-electron chi connectivity index (χ4n) is 3.98. The highest BCUT2D eigenvalue weighted by atomic mass is 32.1. The molecule has 1 fully saturated rings. The summed E-state index contributed by atoms with van der Waals surface area (Å²) >= 11 is 1.10. The molecule has 0 bridgehead atoms. The molecule has 0 spiro atoms. The number of amides is 2. The second kappa shape index (κ2) is 9.43. The molecule has 2 aromatic heterocycles. The van der Waals surface area contributed by atoms with Crippen molar-refractivity contribution in [2.24, 2.45) is 0 Å². The Balaban J connectivity index is 1.77. The Hall–Kier alpha value is -3.00. The second-order valence-electron chi connectivity index (χ2n) is 7.83. The highest BCUT2D eigenvalue weighted by Crippen LogP contribution is 2.32. The van der Waals surface area contributed by atoms with Gasteiger partial charge in [0.1, 0.15) is 11.5 Å². The van der Waals surface area contributed by atoms with E-state index in [4.69, 9.17) is 4.42 Å². The molecule has 2 amide bonds. The quantitative estimate of drug-likeness (QED) is 0.589. The van der Waals surface area contributed by atoms with Gasteiger partial charge in [-0.15, -0.1) is 5.10 Å². The molecule has 1 aliphatic carbocycles. The molecule has 7 nitrogen and oxygen atoms in total. The van der Waals surface area contributed by atoms with Crippen molar-refractivity contribution in [2.75, 3.05) is 4.90 Å². The monoisotopic (exact) mass is 438 g/mol. The van der Waals surface area contributed by atoms with Gasteiger partial charge in [0.05, 0.1) is 0 Å². The molecule has 1 atom stereocenters. The van der Waals surface area contributed by atoms with Crippen molar-refractivity contribution >= 4 is 29.0 Å². The molecule has 0 unspecified atom stereocenters. The summed E-state index contributed by atoms with van der Waals surface area (Å²) in [4.78, 5) is 28.5. The van der Waals surface area contributed by atoms with Crippen molar-refractivity contribution in [3.8, 4) is 0 Å². The first-order valence-electron chi connectivity index (χ1n) is 10.6.